The molecule has 12 heavy (non-hydrogen) atoms. The van der Waals surface area contributed by atoms with E-state index in [2.05, 4.69) is 0 Å². The Morgan fingerprint density at radius 3 is 2.67 bits per heavy atom. The fourth-order valence-electron chi connectivity index (χ4n) is 1.08. The summed E-state index contributed by atoms with van der Waals surface area (Å²) in [4.78, 5) is 0. The highest BCUT2D eigenvalue weighted by molar-refractivity contribution is 5.59. The highest BCUT2D eigenvalue weighted by Gasteiger charge is 2.05. The predicted molar refractivity (Wildman–Crippen MR) is 48.4 cm³/mol. The van der Waals surface area contributed by atoms with E-state index >= 15 is 0 Å². The molecule has 3 N–H and O–H groups in total. The molecule has 0 aliphatic heterocycles. The van der Waals surface area contributed by atoms with Crippen molar-refractivity contribution in [1.29, 1.82) is 0 Å². The maximum atomic E-state index is 9.44. The average Bonchev–Trinajstić information content (AvgIpc) is 2.09. The highest BCUT2D eigenvalue weighted by atomic mass is 16.5. The van der Waals surface area contributed by atoms with Gasteiger partial charge in [0.25, 0.3) is 0 Å². The zero-order chi connectivity index (χ0) is 9.14. The van der Waals surface area contributed by atoms with Crippen molar-refractivity contribution in [2.24, 2.45) is 0 Å². The van der Waals surface area contributed by atoms with E-state index in [1.165, 1.54) is 0 Å². The van der Waals surface area contributed by atoms with E-state index < -0.39 is 0 Å². The smallest absolute Gasteiger partial charge is 0.141 e. The maximum Gasteiger partial charge on any atom is 0.141 e. The lowest BCUT2D eigenvalue weighted by Crippen LogP contribution is -1.93. The molecule has 1 aromatic carbocycles. The molecule has 3 heteroatoms. The molecule has 0 unspecified atom stereocenters. The fourth-order valence-corrected chi connectivity index (χ4v) is 1.08. The Hall–Kier alpha value is -1.38. The minimum absolute atomic E-state index is 0.165. The number of methoxy groups -OCH3 is 1. The lowest BCUT2D eigenvalue weighted by Gasteiger charge is -2.07. The molecule has 0 saturated heterocycles. The molecule has 0 heterocycles. The molecule has 0 bridgehead atoms. The van der Waals surface area contributed by atoms with E-state index in [1.54, 1.807) is 19.2 Å². The molecule has 0 radical (unpaired) electrons. The Labute approximate surface area is 71.8 Å². The number of hydrogen-bond acceptors (Lipinski definition) is 3. The number of rotatable bonds is 2. The largest absolute Gasteiger partial charge is 0.505 e. The SMILES string of the molecule is CCc1cc(OC)cc(N)c1O. The summed E-state index contributed by atoms with van der Waals surface area (Å²) in [6.45, 7) is 1.95. The predicted octanol–water partition coefficient (Wildman–Crippen LogP) is 1.55. The van der Waals surface area contributed by atoms with Crippen molar-refractivity contribution < 1.29 is 9.84 Å². The molecule has 0 aromatic heterocycles. The van der Waals surface area contributed by atoms with Gasteiger partial charge in [0, 0.05) is 6.07 Å². The molecule has 0 fully saturated rings. The van der Waals surface area contributed by atoms with Crippen LogP contribution in [0.3, 0.4) is 0 Å². The van der Waals surface area contributed by atoms with Crippen molar-refractivity contribution >= 4 is 5.69 Å². The minimum atomic E-state index is 0.165. The van der Waals surface area contributed by atoms with Gasteiger partial charge in [-0.2, -0.15) is 0 Å². The van der Waals surface area contributed by atoms with Gasteiger partial charge in [0.2, 0.25) is 0 Å². The Kier molecular flexibility index (Phi) is 2.43. The minimum Gasteiger partial charge on any atom is -0.505 e. The van der Waals surface area contributed by atoms with Crippen molar-refractivity contribution in [1.82, 2.24) is 0 Å². The van der Waals surface area contributed by atoms with Crippen molar-refractivity contribution in [3.05, 3.63) is 17.7 Å². The topological polar surface area (TPSA) is 55.5 Å². The summed E-state index contributed by atoms with van der Waals surface area (Å²) in [7, 11) is 1.57. The van der Waals surface area contributed by atoms with Crippen LogP contribution in [0.15, 0.2) is 12.1 Å². The molecular formula is C9H13NO2. The van der Waals surface area contributed by atoms with Crippen molar-refractivity contribution in [2.75, 3.05) is 12.8 Å². The van der Waals surface area contributed by atoms with Gasteiger partial charge in [-0.3, -0.25) is 0 Å². The quantitative estimate of drug-likeness (QED) is 0.519. The van der Waals surface area contributed by atoms with Gasteiger partial charge in [0.1, 0.15) is 11.5 Å². The molecular weight excluding hydrogens is 154 g/mol. The van der Waals surface area contributed by atoms with Crippen LogP contribution in [0.1, 0.15) is 12.5 Å². The third-order valence-corrected chi connectivity index (χ3v) is 1.81. The van der Waals surface area contributed by atoms with Gasteiger partial charge in [-0.25, -0.2) is 0 Å². The number of nitrogen functional groups attached to an aromatic ring is 1. The molecule has 0 atom stereocenters. The molecule has 0 aliphatic rings. The maximum absolute atomic E-state index is 9.44. The number of nitrogens with two attached hydrogens (primary N) is 1. The second kappa shape index (κ2) is 3.34. The normalized spacial score (nSPS) is 9.83. The van der Waals surface area contributed by atoms with Gasteiger partial charge in [0.15, 0.2) is 0 Å². The monoisotopic (exact) mass is 167 g/mol. The fraction of sp³-hybridized carbons (Fsp3) is 0.333. The first-order chi connectivity index (χ1) is 5.69. The molecule has 66 valence electrons. The molecule has 0 spiro atoms. The lowest BCUT2D eigenvalue weighted by molar-refractivity contribution is 0.411. The summed E-state index contributed by atoms with van der Waals surface area (Å²) in [6, 6.07) is 3.39. The van der Waals surface area contributed by atoms with Crippen LogP contribution in [-0.4, -0.2) is 12.2 Å². The Morgan fingerprint density at radius 1 is 1.50 bits per heavy atom. The Balaban J connectivity index is 3.19. The first-order valence-electron chi connectivity index (χ1n) is 3.84. The van der Waals surface area contributed by atoms with Gasteiger partial charge in [-0.15, -0.1) is 0 Å². The second-order valence-electron chi connectivity index (χ2n) is 2.58. The zero-order valence-electron chi connectivity index (χ0n) is 7.29. The third kappa shape index (κ3) is 1.44. The van der Waals surface area contributed by atoms with Gasteiger partial charge in [-0.1, -0.05) is 6.92 Å². The van der Waals surface area contributed by atoms with Crippen molar-refractivity contribution in [3.63, 3.8) is 0 Å². The first kappa shape index (κ1) is 8.71. The van der Waals surface area contributed by atoms with Crippen LogP contribution in [0, 0.1) is 0 Å². The van der Waals surface area contributed by atoms with E-state index in [0.29, 0.717) is 11.4 Å². The molecule has 3 nitrogen and oxygen atoms in total. The van der Waals surface area contributed by atoms with Gasteiger partial charge >= 0.3 is 0 Å². The van der Waals surface area contributed by atoms with Crippen LogP contribution in [0.4, 0.5) is 5.69 Å². The Bertz CT molecular complexity index is 284. The van der Waals surface area contributed by atoms with Crippen molar-refractivity contribution in [3.8, 4) is 11.5 Å². The Morgan fingerprint density at radius 2 is 2.17 bits per heavy atom. The van der Waals surface area contributed by atoms with Crippen LogP contribution >= 0.6 is 0 Å². The standard InChI is InChI=1S/C9H13NO2/c1-3-6-4-7(12-2)5-8(10)9(6)11/h4-5,11H,3,10H2,1-2H3. The summed E-state index contributed by atoms with van der Waals surface area (Å²) in [6.07, 6.45) is 0.743. The van der Waals surface area contributed by atoms with Gasteiger partial charge in [-0.05, 0) is 18.1 Å². The van der Waals surface area contributed by atoms with Gasteiger partial charge in [0.05, 0.1) is 12.8 Å². The number of ether oxygens (including phenoxy) is 1. The van der Waals surface area contributed by atoms with Crippen LogP contribution < -0.4 is 10.5 Å². The number of phenolic OH excluding ortho intramolecular Hbond substituents is 1. The zero-order valence-corrected chi connectivity index (χ0v) is 7.29. The number of phenols is 1. The number of benzene rings is 1. The van der Waals surface area contributed by atoms with E-state index in [1.807, 2.05) is 6.92 Å². The van der Waals surface area contributed by atoms with Crippen LogP contribution in [0.2, 0.25) is 0 Å². The number of hydrogen-bond donors (Lipinski definition) is 2. The van der Waals surface area contributed by atoms with Crippen LogP contribution in [0.5, 0.6) is 11.5 Å². The molecule has 1 aromatic rings. The molecule has 0 saturated carbocycles. The summed E-state index contributed by atoms with van der Waals surface area (Å²) in [5, 5.41) is 9.44. The average molecular weight is 167 g/mol. The van der Waals surface area contributed by atoms with E-state index in [4.69, 9.17) is 10.5 Å². The first-order valence-corrected chi connectivity index (χ1v) is 3.84. The van der Waals surface area contributed by atoms with E-state index in [0.717, 1.165) is 12.0 Å². The van der Waals surface area contributed by atoms with E-state index in [9.17, 15) is 5.11 Å². The van der Waals surface area contributed by atoms with E-state index in [-0.39, 0.29) is 5.75 Å². The van der Waals surface area contributed by atoms with Crippen LogP contribution in [0.25, 0.3) is 0 Å². The molecule has 0 aliphatic carbocycles. The summed E-state index contributed by atoms with van der Waals surface area (Å²) in [5.41, 5.74) is 6.72. The number of anilines is 1. The third-order valence-electron chi connectivity index (χ3n) is 1.81. The number of aryl methyl sites for hydroxylation is 1. The summed E-state index contributed by atoms with van der Waals surface area (Å²) in [5.74, 6) is 0.848. The lowest BCUT2D eigenvalue weighted by atomic mass is 10.1. The van der Waals surface area contributed by atoms with Crippen LogP contribution in [-0.2, 0) is 6.42 Å². The summed E-state index contributed by atoms with van der Waals surface area (Å²) >= 11 is 0. The molecule has 1 rings (SSSR count). The molecule has 0 amide bonds. The highest BCUT2D eigenvalue weighted by Crippen LogP contribution is 2.30. The summed E-state index contributed by atoms with van der Waals surface area (Å²) < 4.78 is 5.00. The second-order valence-corrected chi connectivity index (χ2v) is 2.58. The van der Waals surface area contributed by atoms with Gasteiger partial charge < -0.3 is 15.6 Å². The number of aromatic hydroxyl groups is 1. The van der Waals surface area contributed by atoms with Crippen molar-refractivity contribution in [2.45, 2.75) is 13.3 Å².